The van der Waals surface area contributed by atoms with E-state index in [1.54, 1.807) is 10.8 Å². The second-order valence-electron chi connectivity index (χ2n) is 6.40. The molecule has 3 aromatic rings. The minimum Gasteiger partial charge on any atom is -0.394 e. The molecule has 136 valence electrons. The van der Waals surface area contributed by atoms with Crippen LogP contribution in [0.25, 0.3) is 11.0 Å². The number of nitrogens with one attached hydrogen (secondary N) is 1. The largest absolute Gasteiger partial charge is 0.394 e. The van der Waals surface area contributed by atoms with Crippen LogP contribution in [0.5, 0.6) is 0 Å². The normalized spacial score (nSPS) is 25.7. The maximum Gasteiger partial charge on any atom is 0.164 e. The number of aliphatic hydroxyl groups is 3. The number of aryl methyl sites for hydroxylation is 1. The van der Waals surface area contributed by atoms with E-state index in [9.17, 15) is 15.3 Å². The topological polar surface area (TPSA) is 113 Å². The summed E-state index contributed by atoms with van der Waals surface area (Å²) in [5.41, 5.74) is 2.62. The number of rotatable bonds is 4. The number of aromatic nitrogens is 3. The van der Waals surface area contributed by atoms with Gasteiger partial charge in [-0.25, -0.2) is 9.97 Å². The zero-order valence-corrected chi connectivity index (χ0v) is 14.1. The van der Waals surface area contributed by atoms with E-state index >= 15 is 0 Å². The van der Waals surface area contributed by atoms with Gasteiger partial charge in [0.25, 0.3) is 0 Å². The third-order valence-corrected chi connectivity index (χ3v) is 4.61. The molecule has 4 atom stereocenters. The first-order valence-corrected chi connectivity index (χ1v) is 8.36. The van der Waals surface area contributed by atoms with E-state index in [1.807, 2.05) is 37.3 Å². The van der Waals surface area contributed by atoms with Crippen molar-refractivity contribution in [3.63, 3.8) is 0 Å². The van der Waals surface area contributed by atoms with Crippen LogP contribution in [0.1, 0.15) is 11.8 Å². The second-order valence-corrected chi connectivity index (χ2v) is 6.40. The Morgan fingerprint density at radius 1 is 1.12 bits per heavy atom. The summed E-state index contributed by atoms with van der Waals surface area (Å²) in [6, 6.07) is 9.76. The second kappa shape index (κ2) is 6.65. The Morgan fingerprint density at radius 3 is 2.58 bits per heavy atom. The number of benzene rings is 1. The number of fused-ring (bicyclic) bond motifs is 1. The molecule has 1 aliphatic rings. The van der Waals surface area contributed by atoms with E-state index < -0.39 is 24.5 Å². The molecule has 26 heavy (non-hydrogen) atoms. The molecule has 0 aliphatic carbocycles. The smallest absolute Gasteiger partial charge is 0.164 e. The highest BCUT2D eigenvalue weighted by Gasteiger charge is 2.43. The van der Waals surface area contributed by atoms with E-state index in [-0.39, 0.29) is 6.61 Å². The van der Waals surface area contributed by atoms with Crippen molar-refractivity contribution in [2.75, 3.05) is 11.9 Å². The van der Waals surface area contributed by atoms with Crippen molar-refractivity contribution in [1.29, 1.82) is 0 Å². The van der Waals surface area contributed by atoms with Crippen LogP contribution in [0.2, 0.25) is 0 Å². The number of hydrogen-bond acceptors (Lipinski definition) is 7. The fourth-order valence-electron chi connectivity index (χ4n) is 3.16. The highest BCUT2D eigenvalue weighted by molar-refractivity contribution is 5.89. The molecule has 2 aromatic heterocycles. The lowest BCUT2D eigenvalue weighted by Gasteiger charge is -2.17. The van der Waals surface area contributed by atoms with Crippen LogP contribution < -0.4 is 5.32 Å². The van der Waals surface area contributed by atoms with Crippen LogP contribution in [0, 0.1) is 6.92 Å². The van der Waals surface area contributed by atoms with Crippen LogP contribution in [-0.4, -0.2) is 54.8 Å². The zero-order valence-electron chi connectivity index (χ0n) is 14.1. The van der Waals surface area contributed by atoms with E-state index in [4.69, 9.17) is 4.74 Å². The van der Waals surface area contributed by atoms with Crippen LogP contribution in [0.15, 0.2) is 42.9 Å². The number of anilines is 2. The van der Waals surface area contributed by atoms with Gasteiger partial charge in [0.1, 0.15) is 36.1 Å². The lowest BCUT2D eigenvalue weighted by atomic mass is 10.1. The summed E-state index contributed by atoms with van der Waals surface area (Å²) in [6.07, 6.45) is -0.835. The average molecular weight is 356 g/mol. The third kappa shape index (κ3) is 2.82. The van der Waals surface area contributed by atoms with Gasteiger partial charge in [-0.3, -0.25) is 0 Å². The fraction of sp³-hybridized carbons (Fsp3) is 0.333. The van der Waals surface area contributed by atoms with Crippen molar-refractivity contribution in [1.82, 2.24) is 14.5 Å². The summed E-state index contributed by atoms with van der Waals surface area (Å²) >= 11 is 0. The summed E-state index contributed by atoms with van der Waals surface area (Å²) in [5, 5.41) is 33.5. The number of nitrogens with zero attached hydrogens (tertiary/aromatic N) is 3. The van der Waals surface area contributed by atoms with Gasteiger partial charge in [0.2, 0.25) is 0 Å². The minimum absolute atomic E-state index is 0.372. The van der Waals surface area contributed by atoms with Gasteiger partial charge >= 0.3 is 0 Å². The van der Waals surface area contributed by atoms with Gasteiger partial charge < -0.3 is 29.9 Å². The number of ether oxygens (including phenoxy) is 1. The van der Waals surface area contributed by atoms with Gasteiger partial charge in [0, 0.05) is 11.9 Å². The molecular weight excluding hydrogens is 336 g/mol. The predicted molar refractivity (Wildman–Crippen MR) is 95.0 cm³/mol. The first-order valence-electron chi connectivity index (χ1n) is 8.36. The molecule has 3 heterocycles. The first kappa shape index (κ1) is 16.9. The van der Waals surface area contributed by atoms with Crippen molar-refractivity contribution in [2.24, 2.45) is 0 Å². The number of hydrogen-bond donors (Lipinski definition) is 4. The van der Waals surface area contributed by atoms with Crippen LogP contribution in [-0.2, 0) is 4.74 Å². The standard InChI is InChI=1S/C18H20N4O4/c1-10-2-4-11(5-3-10)21-16-12-6-7-22(17(12)20-9-19-16)18-15(25)14(24)13(8-23)26-18/h2-7,9,13-15,18,23-25H,8H2,1H3,(H,19,20,21)/t13-,14-,15-,18?/m1/s1. The molecule has 0 bridgehead atoms. The Labute approximate surface area is 149 Å². The van der Waals surface area contributed by atoms with Crippen molar-refractivity contribution in [2.45, 2.75) is 31.5 Å². The predicted octanol–water partition coefficient (Wildman–Crippen LogP) is 1.09. The molecule has 8 heteroatoms. The Bertz CT molecular complexity index is 911. The Morgan fingerprint density at radius 2 is 1.88 bits per heavy atom. The summed E-state index contributed by atoms with van der Waals surface area (Å²) in [4.78, 5) is 8.59. The quantitative estimate of drug-likeness (QED) is 0.554. The van der Waals surface area contributed by atoms with Crippen molar-refractivity contribution < 1.29 is 20.1 Å². The van der Waals surface area contributed by atoms with Gasteiger partial charge in [-0.15, -0.1) is 0 Å². The zero-order chi connectivity index (χ0) is 18.3. The monoisotopic (exact) mass is 356 g/mol. The highest BCUT2D eigenvalue weighted by atomic mass is 16.6. The van der Waals surface area contributed by atoms with Crippen LogP contribution in [0.4, 0.5) is 11.5 Å². The van der Waals surface area contributed by atoms with Gasteiger partial charge in [-0.2, -0.15) is 0 Å². The van der Waals surface area contributed by atoms with Crippen LogP contribution in [0.3, 0.4) is 0 Å². The SMILES string of the molecule is Cc1ccc(Nc2ncnc3c2ccn3C2O[C@H](CO)[C@@H](O)[C@H]2O)cc1. The van der Waals surface area contributed by atoms with Gasteiger partial charge in [-0.1, -0.05) is 17.7 Å². The van der Waals surface area contributed by atoms with Crippen molar-refractivity contribution in [3.8, 4) is 0 Å². The average Bonchev–Trinajstić information content (AvgIpc) is 3.19. The van der Waals surface area contributed by atoms with Gasteiger partial charge in [-0.05, 0) is 25.1 Å². The van der Waals surface area contributed by atoms with Crippen molar-refractivity contribution >= 4 is 22.5 Å². The highest BCUT2D eigenvalue weighted by Crippen LogP contribution is 2.33. The maximum atomic E-state index is 10.3. The van der Waals surface area contributed by atoms with E-state index in [0.29, 0.717) is 11.5 Å². The van der Waals surface area contributed by atoms with Crippen molar-refractivity contribution in [3.05, 3.63) is 48.4 Å². The summed E-state index contributed by atoms with van der Waals surface area (Å²) in [7, 11) is 0. The summed E-state index contributed by atoms with van der Waals surface area (Å²) in [5.74, 6) is 0.629. The molecule has 0 saturated carbocycles. The molecular formula is C18H20N4O4. The molecule has 4 rings (SSSR count). The van der Waals surface area contributed by atoms with E-state index in [0.717, 1.165) is 11.1 Å². The molecule has 1 aromatic carbocycles. The minimum atomic E-state index is -1.16. The van der Waals surface area contributed by atoms with Gasteiger partial charge in [0.15, 0.2) is 6.23 Å². The maximum absolute atomic E-state index is 10.3. The molecule has 1 fully saturated rings. The first-order chi connectivity index (χ1) is 12.6. The van der Waals surface area contributed by atoms with Gasteiger partial charge in [0.05, 0.1) is 12.0 Å². The molecule has 0 amide bonds. The lowest BCUT2D eigenvalue weighted by molar-refractivity contribution is -0.0508. The molecule has 0 radical (unpaired) electrons. The summed E-state index contributed by atoms with van der Waals surface area (Å²) < 4.78 is 7.23. The van der Waals surface area contributed by atoms with E-state index in [1.165, 1.54) is 11.9 Å². The number of aliphatic hydroxyl groups excluding tert-OH is 3. The third-order valence-electron chi connectivity index (χ3n) is 4.61. The lowest BCUT2D eigenvalue weighted by Crippen LogP contribution is -2.33. The Balaban J connectivity index is 1.68. The molecule has 8 nitrogen and oxygen atoms in total. The van der Waals surface area contributed by atoms with E-state index in [2.05, 4.69) is 15.3 Å². The molecule has 1 saturated heterocycles. The summed E-state index contributed by atoms with van der Waals surface area (Å²) in [6.45, 7) is 1.65. The molecule has 1 unspecified atom stereocenters. The van der Waals surface area contributed by atoms with Crippen LogP contribution >= 0.6 is 0 Å². The Kier molecular flexibility index (Phi) is 4.33. The molecule has 0 spiro atoms. The molecule has 1 aliphatic heterocycles. The molecule has 4 N–H and O–H groups in total. The Hall–Kier alpha value is -2.52. The fourth-order valence-corrected chi connectivity index (χ4v) is 3.16.